The fraction of sp³-hybridized carbons (Fsp3) is 0.348. The van der Waals surface area contributed by atoms with Crippen molar-refractivity contribution in [3.63, 3.8) is 0 Å². The van der Waals surface area contributed by atoms with Crippen molar-refractivity contribution in [2.24, 2.45) is 17.6 Å². The number of carboxylic acid groups (broad SMARTS) is 1. The van der Waals surface area contributed by atoms with Crippen LogP contribution in [0.25, 0.3) is 0 Å². The van der Waals surface area contributed by atoms with Crippen LogP contribution in [0.5, 0.6) is 0 Å². The molecule has 8 heteroatoms. The highest BCUT2D eigenvalue weighted by atomic mass is 32.2. The van der Waals surface area contributed by atoms with Gasteiger partial charge >= 0.3 is 11.9 Å². The number of anilines is 1. The fourth-order valence-electron chi connectivity index (χ4n) is 3.80. The summed E-state index contributed by atoms with van der Waals surface area (Å²) >= 11 is 1.28. The summed E-state index contributed by atoms with van der Waals surface area (Å²) in [4.78, 5) is 39.9. The number of hydrogen-bond acceptors (Lipinski definition) is 6. The maximum Gasteiger partial charge on any atom is 0.323 e. The molecular weight excluding hydrogens is 416 g/mol. The molecule has 1 amide bonds. The summed E-state index contributed by atoms with van der Waals surface area (Å²) < 4.78 is 5.29. The van der Waals surface area contributed by atoms with Crippen LogP contribution in [0.3, 0.4) is 0 Å². The lowest BCUT2D eigenvalue weighted by molar-refractivity contribution is -0.152. The number of nitrogens with two attached hydrogens (primary N) is 1. The smallest absolute Gasteiger partial charge is 0.323 e. The Hall–Kier alpha value is -2.84. The molecule has 0 saturated heterocycles. The second-order valence-electron chi connectivity index (χ2n) is 7.28. The van der Waals surface area contributed by atoms with E-state index in [4.69, 9.17) is 10.5 Å². The number of fused-ring (bicyclic) bond motifs is 1. The van der Waals surface area contributed by atoms with Crippen molar-refractivity contribution in [2.75, 3.05) is 18.1 Å². The van der Waals surface area contributed by atoms with Crippen molar-refractivity contribution in [2.45, 2.75) is 30.0 Å². The molecule has 0 fully saturated rings. The Labute approximate surface area is 185 Å². The number of thioether (sulfide) groups is 1. The summed E-state index contributed by atoms with van der Waals surface area (Å²) in [7, 11) is 0. The highest BCUT2D eigenvalue weighted by Crippen LogP contribution is 2.41. The van der Waals surface area contributed by atoms with Crippen LogP contribution in [-0.2, 0) is 25.5 Å². The van der Waals surface area contributed by atoms with Crippen molar-refractivity contribution in [3.8, 4) is 0 Å². The van der Waals surface area contributed by atoms with Gasteiger partial charge in [-0.1, -0.05) is 42.5 Å². The second kappa shape index (κ2) is 10.5. The summed E-state index contributed by atoms with van der Waals surface area (Å²) in [5.41, 5.74) is 7.96. The van der Waals surface area contributed by atoms with E-state index in [2.05, 4.69) is 0 Å². The first-order valence-electron chi connectivity index (χ1n) is 10.2. The SMILES string of the molecule is CCOC(=O)[C@H](CCc1ccccc1)[C@@H]1C(=O)N(CC(=O)O)c2ccccc2SC1N. The summed E-state index contributed by atoms with van der Waals surface area (Å²) in [6.45, 7) is 1.39. The van der Waals surface area contributed by atoms with E-state index in [0.29, 0.717) is 23.4 Å². The summed E-state index contributed by atoms with van der Waals surface area (Å²) in [6.07, 6.45) is 0.933. The van der Waals surface area contributed by atoms with Gasteiger partial charge in [-0.15, -0.1) is 11.8 Å². The van der Waals surface area contributed by atoms with Gasteiger partial charge in [-0.3, -0.25) is 19.3 Å². The van der Waals surface area contributed by atoms with Gasteiger partial charge in [0.15, 0.2) is 0 Å². The molecule has 2 aromatic rings. The number of carbonyl (C=O) groups is 3. The van der Waals surface area contributed by atoms with Gasteiger partial charge in [-0.05, 0) is 37.5 Å². The maximum absolute atomic E-state index is 13.6. The van der Waals surface area contributed by atoms with Crippen LogP contribution in [0.1, 0.15) is 18.9 Å². The topological polar surface area (TPSA) is 110 Å². The van der Waals surface area contributed by atoms with Crippen LogP contribution in [0.15, 0.2) is 59.5 Å². The van der Waals surface area contributed by atoms with Gasteiger partial charge in [0.2, 0.25) is 5.91 Å². The van der Waals surface area contributed by atoms with Crippen LogP contribution in [0.4, 0.5) is 5.69 Å². The van der Waals surface area contributed by atoms with E-state index in [9.17, 15) is 19.5 Å². The summed E-state index contributed by atoms with van der Waals surface area (Å²) in [6, 6.07) is 16.7. The minimum absolute atomic E-state index is 0.184. The number of amides is 1. The Morgan fingerprint density at radius 3 is 2.52 bits per heavy atom. The van der Waals surface area contributed by atoms with Crippen LogP contribution in [0.2, 0.25) is 0 Å². The third-order valence-corrected chi connectivity index (χ3v) is 6.39. The molecule has 0 spiro atoms. The first-order valence-corrected chi connectivity index (χ1v) is 11.0. The van der Waals surface area contributed by atoms with E-state index < -0.39 is 41.6 Å². The Morgan fingerprint density at radius 1 is 1.16 bits per heavy atom. The van der Waals surface area contributed by atoms with E-state index in [1.54, 1.807) is 31.2 Å². The highest BCUT2D eigenvalue weighted by molar-refractivity contribution is 8.00. The zero-order valence-corrected chi connectivity index (χ0v) is 18.1. The number of esters is 1. The normalized spacial score (nSPS) is 19.3. The Kier molecular flexibility index (Phi) is 7.70. The molecule has 1 aliphatic heterocycles. The van der Waals surface area contributed by atoms with Crippen molar-refractivity contribution < 1.29 is 24.2 Å². The van der Waals surface area contributed by atoms with Crippen LogP contribution in [0, 0.1) is 11.8 Å². The van der Waals surface area contributed by atoms with Gasteiger partial charge in [0.05, 0.1) is 29.5 Å². The van der Waals surface area contributed by atoms with Crippen LogP contribution < -0.4 is 10.6 Å². The molecule has 0 saturated carbocycles. The second-order valence-corrected chi connectivity index (χ2v) is 8.50. The summed E-state index contributed by atoms with van der Waals surface area (Å²) in [5.74, 6) is -3.81. The average molecular weight is 443 g/mol. The monoisotopic (exact) mass is 442 g/mol. The molecule has 0 aliphatic carbocycles. The number of para-hydroxylation sites is 1. The Bertz CT molecular complexity index is 937. The number of hydrogen-bond donors (Lipinski definition) is 2. The molecule has 0 radical (unpaired) electrons. The van der Waals surface area contributed by atoms with Gasteiger partial charge < -0.3 is 15.6 Å². The molecule has 1 heterocycles. The molecule has 164 valence electrons. The van der Waals surface area contributed by atoms with Gasteiger partial charge in [-0.2, -0.15) is 0 Å². The molecule has 1 aliphatic rings. The van der Waals surface area contributed by atoms with Crippen LogP contribution >= 0.6 is 11.8 Å². The van der Waals surface area contributed by atoms with Crippen molar-refractivity contribution in [1.29, 1.82) is 0 Å². The number of aryl methyl sites for hydroxylation is 1. The standard InChI is InChI=1S/C23H26N2O5S/c1-2-30-23(29)16(13-12-15-8-4-3-5-9-15)20-21(24)31-18-11-7-6-10-17(18)25(22(20)28)14-19(26)27/h3-11,16,20-21H,2,12-14,24H2,1H3,(H,26,27)/t16-,20+,21?/m1/s1. The molecular formula is C23H26N2O5S. The first-order chi connectivity index (χ1) is 14.9. The van der Waals surface area contributed by atoms with Crippen molar-refractivity contribution in [3.05, 3.63) is 60.2 Å². The molecule has 3 rings (SSSR count). The van der Waals surface area contributed by atoms with E-state index >= 15 is 0 Å². The zero-order valence-electron chi connectivity index (χ0n) is 17.3. The van der Waals surface area contributed by atoms with Crippen molar-refractivity contribution in [1.82, 2.24) is 0 Å². The Balaban J connectivity index is 1.96. The molecule has 3 atom stereocenters. The molecule has 31 heavy (non-hydrogen) atoms. The molecule has 7 nitrogen and oxygen atoms in total. The van der Waals surface area contributed by atoms with Gasteiger partial charge in [0, 0.05) is 4.90 Å². The van der Waals surface area contributed by atoms with Crippen molar-refractivity contribution >= 4 is 35.3 Å². The maximum atomic E-state index is 13.6. The minimum atomic E-state index is -1.14. The lowest BCUT2D eigenvalue weighted by Gasteiger charge is -2.30. The van der Waals surface area contributed by atoms with E-state index in [-0.39, 0.29) is 6.61 Å². The van der Waals surface area contributed by atoms with Gasteiger partial charge in [-0.25, -0.2) is 0 Å². The summed E-state index contributed by atoms with van der Waals surface area (Å²) in [5, 5.41) is 8.69. The third-order valence-electron chi connectivity index (χ3n) is 5.23. The molecule has 2 aromatic carbocycles. The highest BCUT2D eigenvalue weighted by Gasteiger charge is 2.44. The van der Waals surface area contributed by atoms with E-state index in [0.717, 1.165) is 5.56 Å². The quantitative estimate of drug-likeness (QED) is 0.605. The fourth-order valence-corrected chi connectivity index (χ4v) is 5.00. The number of carboxylic acids is 1. The third kappa shape index (κ3) is 5.45. The van der Waals surface area contributed by atoms with E-state index in [1.807, 2.05) is 30.3 Å². The van der Waals surface area contributed by atoms with Gasteiger partial charge in [0.25, 0.3) is 0 Å². The molecule has 0 aromatic heterocycles. The number of nitrogens with zero attached hydrogens (tertiary/aromatic N) is 1. The average Bonchev–Trinajstić information content (AvgIpc) is 2.84. The largest absolute Gasteiger partial charge is 0.480 e. The number of benzene rings is 2. The predicted octanol–water partition coefficient (Wildman–Crippen LogP) is 2.92. The molecule has 3 N–H and O–H groups in total. The number of aliphatic carboxylic acids is 1. The number of rotatable bonds is 8. The lowest BCUT2D eigenvalue weighted by atomic mass is 9.85. The minimum Gasteiger partial charge on any atom is -0.480 e. The Morgan fingerprint density at radius 2 is 1.84 bits per heavy atom. The molecule has 0 bridgehead atoms. The first kappa shape index (κ1) is 22.8. The van der Waals surface area contributed by atoms with Gasteiger partial charge in [0.1, 0.15) is 6.54 Å². The van der Waals surface area contributed by atoms with E-state index in [1.165, 1.54) is 16.7 Å². The number of ether oxygens (including phenoxy) is 1. The molecule has 1 unspecified atom stereocenters. The predicted molar refractivity (Wildman–Crippen MR) is 119 cm³/mol. The lowest BCUT2D eigenvalue weighted by Crippen LogP contribution is -2.49. The number of carbonyl (C=O) groups excluding carboxylic acids is 2. The van der Waals surface area contributed by atoms with Crippen LogP contribution in [-0.4, -0.2) is 41.5 Å². The zero-order chi connectivity index (χ0) is 22.4.